The normalized spacial score (nSPS) is 12.8. The van der Waals surface area contributed by atoms with E-state index in [-0.39, 0.29) is 24.0 Å². The van der Waals surface area contributed by atoms with Crippen LogP contribution in [0.15, 0.2) is 48.5 Å². The van der Waals surface area contributed by atoms with E-state index in [1.807, 2.05) is 31.2 Å². The summed E-state index contributed by atoms with van der Waals surface area (Å²) in [7, 11) is 0. The highest BCUT2D eigenvalue weighted by Crippen LogP contribution is 2.25. The zero-order valence-electron chi connectivity index (χ0n) is 25.0. The van der Waals surface area contributed by atoms with Crippen molar-refractivity contribution < 1.29 is 24.2 Å². The van der Waals surface area contributed by atoms with Crippen LogP contribution in [0.3, 0.4) is 0 Å². The molecular formula is C32H47N3O5. The van der Waals surface area contributed by atoms with Crippen LogP contribution in [0.5, 0.6) is 5.75 Å². The number of nitrogens with one attached hydrogen (secondary N) is 2. The van der Waals surface area contributed by atoms with Crippen molar-refractivity contribution in [2.24, 2.45) is 0 Å². The summed E-state index contributed by atoms with van der Waals surface area (Å²) in [6.07, 6.45) is 3.78. The molecule has 220 valence electrons. The number of carbonyl (C=O) groups is 3. The summed E-state index contributed by atoms with van der Waals surface area (Å²) in [5.41, 5.74) is 1.76. The summed E-state index contributed by atoms with van der Waals surface area (Å²) in [6, 6.07) is 12.3. The summed E-state index contributed by atoms with van der Waals surface area (Å²) in [4.78, 5) is 42.5. The van der Waals surface area contributed by atoms with E-state index >= 15 is 0 Å². The van der Waals surface area contributed by atoms with E-state index in [1.54, 1.807) is 49.9 Å². The van der Waals surface area contributed by atoms with Crippen molar-refractivity contribution in [1.82, 2.24) is 15.5 Å². The highest BCUT2D eigenvalue weighted by Gasteiger charge is 2.36. The number of amides is 3. The maximum Gasteiger partial charge on any atom is 0.408 e. The number of aryl methyl sites for hydroxylation is 1. The number of hydrogen-bond acceptors (Lipinski definition) is 5. The van der Waals surface area contributed by atoms with E-state index in [1.165, 1.54) is 0 Å². The molecule has 0 aliphatic rings. The zero-order chi connectivity index (χ0) is 29.7. The van der Waals surface area contributed by atoms with Crippen LogP contribution in [0.25, 0.3) is 0 Å². The Bertz CT molecular complexity index is 1080. The number of unbranched alkanes of at least 4 members (excludes halogenated alkanes) is 3. The standard InChI is InChI=1S/C32H47N3O5/c1-7-9-11-21-35(28(29(37)33-20-10-8-2)25-16-12-23(3)13-17-25)30(38)27(34-31(39)40-32(4,5)6)22-24-14-18-26(36)19-15-24/h12-19,27-28,36H,7-11,20-22H2,1-6H3,(H,33,37)(H,34,39). The van der Waals surface area contributed by atoms with Crippen molar-refractivity contribution in [3.05, 3.63) is 65.2 Å². The zero-order valence-corrected chi connectivity index (χ0v) is 25.0. The number of carbonyl (C=O) groups excluding carboxylic acids is 3. The van der Waals surface area contributed by atoms with Gasteiger partial charge in [-0.2, -0.15) is 0 Å². The topological polar surface area (TPSA) is 108 Å². The highest BCUT2D eigenvalue weighted by molar-refractivity contribution is 5.92. The molecule has 40 heavy (non-hydrogen) atoms. The van der Waals surface area contributed by atoms with Crippen molar-refractivity contribution in [2.45, 2.75) is 97.8 Å². The van der Waals surface area contributed by atoms with Gasteiger partial charge < -0.3 is 25.4 Å². The predicted octanol–water partition coefficient (Wildman–Crippen LogP) is 5.81. The third kappa shape index (κ3) is 10.9. The second kappa shape index (κ2) is 15.9. The Kier molecular flexibility index (Phi) is 13.0. The lowest BCUT2D eigenvalue weighted by molar-refractivity contribution is -0.142. The molecule has 0 aliphatic carbocycles. The second-order valence-electron chi connectivity index (χ2n) is 11.3. The molecule has 0 radical (unpaired) electrons. The van der Waals surface area contributed by atoms with Gasteiger partial charge in [0.25, 0.3) is 0 Å². The first-order chi connectivity index (χ1) is 18.9. The van der Waals surface area contributed by atoms with Gasteiger partial charge in [-0.1, -0.05) is 75.1 Å². The SMILES string of the molecule is CCCCCN(C(=O)C(Cc1ccc(O)cc1)NC(=O)OC(C)(C)C)C(C(=O)NCCCC)c1ccc(C)cc1. The fourth-order valence-corrected chi connectivity index (χ4v) is 4.32. The second-order valence-corrected chi connectivity index (χ2v) is 11.3. The number of phenolic OH excluding ortho intramolecular Hbond substituents is 1. The van der Waals surface area contributed by atoms with Gasteiger partial charge in [-0.15, -0.1) is 0 Å². The molecule has 0 aliphatic heterocycles. The smallest absolute Gasteiger partial charge is 0.408 e. The number of benzene rings is 2. The Morgan fingerprint density at radius 1 is 0.925 bits per heavy atom. The van der Waals surface area contributed by atoms with Crippen molar-refractivity contribution in [2.75, 3.05) is 13.1 Å². The molecule has 2 atom stereocenters. The minimum Gasteiger partial charge on any atom is -0.508 e. The van der Waals surface area contributed by atoms with Crippen LogP contribution >= 0.6 is 0 Å². The number of alkyl carbamates (subject to hydrolysis) is 1. The molecule has 0 saturated heterocycles. The molecule has 2 aromatic carbocycles. The average Bonchev–Trinajstić information content (AvgIpc) is 2.88. The number of aromatic hydroxyl groups is 1. The molecule has 2 unspecified atom stereocenters. The molecule has 3 amide bonds. The number of hydrogen-bond donors (Lipinski definition) is 3. The molecule has 8 nitrogen and oxygen atoms in total. The summed E-state index contributed by atoms with van der Waals surface area (Å²) < 4.78 is 5.48. The summed E-state index contributed by atoms with van der Waals surface area (Å²) in [5.74, 6) is -0.509. The molecule has 0 aromatic heterocycles. The van der Waals surface area contributed by atoms with Crippen LogP contribution in [0.1, 0.15) is 89.5 Å². The van der Waals surface area contributed by atoms with Gasteiger partial charge in [0.2, 0.25) is 11.8 Å². The maximum atomic E-state index is 14.4. The fraction of sp³-hybridized carbons (Fsp3) is 0.531. The number of rotatable bonds is 14. The Morgan fingerprint density at radius 3 is 2.12 bits per heavy atom. The minimum absolute atomic E-state index is 0.108. The molecule has 2 aromatic rings. The summed E-state index contributed by atoms with van der Waals surface area (Å²) in [5, 5.41) is 15.5. The summed E-state index contributed by atoms with van der Waals surface area (Å²) in [6.45, 7) is 12.3. The van der Waals surface area contributed by atoms with E-state index in [9.17, 15) is 19.5 Å². The van der Waals surface area contributed by atoms with Crippen molar-refractivity contribution in [3.63, 3.8) is 0 Å². The fourth-order valence-electron chi connectivity index (χ4n) is 4.32. The van der Waals surface area contributed by atoms with E-state index in [0.717, 1.165) is 36.8 Å². The van der Waals surface area contributed by atoms with Crippen LogP contribution in [0.2, 0.25) is 0 Å². The van der Waals surface area contributed by atoms with E-state index in [4.69, 9.17) is 4.74 Å². The van der Waals surface area contributed by atoms with Gasteiger partial charge in [-0.05, 0) is 63.8 Å². The van der Waals surface area contributed by atoms with Crippen LogP contribution in [-0.4, -0.2) is 52.6 Å². The Labute approximate surface area is 239 Å². The first kappa shape index (κ1) is 32.7. The van der Waals surface area contributed by atoms with Crippen molar-refractivity contribution in [3.8, 4) is 5.75 Å². The third-order valence-corrected chi connectivity index (χ3v) is 6.43. The first-order valence-corrected chi connectivity index (χ1v) is 14.4. The quantitative estimate of drug-likeness (QED) is 0.256. The Morgan fingerprint density at radius 2 is 1.55 bits per heavy atom. The van der Waals surface area contributed by atoms with Crippen LogP contribution in [-0.2, 0) is 20.7 Å². The molecular weight excluding hydrogens is 506 g/mol. The lowest BCUT2D eigenvalue weighted by Crippen LogP contribution is -2.54. The van der Waals surface area contributed by atoms with Gasteiger partial charge in [0.1, 0.15) is 23.4 Å². The van der Waals surface area contributed by atoms with Crippen LogP contribution < -0.4 is 10.6 Å². The Hall–Kier alpha value is -3.55. The number of nitrogens with zero attached hydrogens (tertiary/aromatic N) is 1. The molecule has 8 heteroatoms. The lowest BCUT2D eigenvalue weighted by atomic mass is 9.99. The van der Waals surface area contributed by atoms with Crippen LogP contribution in [0.4, 0.5) is 4.79 Å². The Balaban J connectivity index is 2.52. The molecule has 2 rings (SSSR count). The van der Waals surface area contributed by atoms with Gasteiger partial charge in [0.05, 0.1) is 0 Å². The van der Waals surface area contributed by atoms with Crippen molar-refractivity contribution >= 4 is 17.9 Å². The predicted molar refractivity (Wildman–Crippen MR) is 158 cm³/mol. The average molecular weight is 554 g/mol. The molecule has 0 spiro atoms. The van der Waals surface area contributed by atoms with Gasteiger partial charge in [-0.3, -0.25) is 9.59 Å². The van der Waals surface area contributed by atoms with E-state index in [2.05, 4.69) is 24.5 Å². The molecule has 0 fully saturated rings. The highest BCUT2D eigenvalue weighted by atomic mass is 16.6. The molecule has 0 heterocycles. The molecule has 0 saturated carbocycles. The summed E-state index contributed by atoms with van der Waals surface area (Å²) >= 11 is 0. The lowest BCUT2D eigenvalue weighted by Gasteiger charge is -2.34. The number of phenols is 1. The van der Waals surface area contributed by atoms with Gasteiger partial charge >= 0.3 is 6.09 Å². The third-order valence-electron chi connectivity index (χ3n) is 6.43. The van der Waals surface area contributed by atoms with Gasteiger partial charge in [0.15, 0.2) is 0 Å². The van der Waals surface area contributed by atoms with E-state index < -0.39 is 23.8 Å². The first-order valence-electron chi connectivity index (χ1n) is 14.4. The molecule has 0 bridgehead atoms. The minimum atomic E-state index is -0.989. The van der Waals surface area contributed by atoms with E-state index in [0.29, 0.717) is 25.1 Å². The number of ether oxygens (including phenoxy) is 1. The maximum absolute atomic E-state index is 14.4. The van der Waals surface area contributed by atoms with Gasteiger partial charge in [0, 0.05) is 19.5 Å². The van der Waals surface area contributed by atoms with Crippen LogP contribution in [0, 0.1) is 6.92 Å². The molecule has 3 N–H and O–H groups in total. The van der Waals surface area contributed by atoms with Gasteiger partial charge in [-0.25, -0.2) is 4.79 Å². The monoisotopic (exact) mass is 553 g/mol. The largest absolute Gasteiger partial charge is 0.508 e. The van der Waals surface area contributed by atoms with Crippen molar-refractivity contribution in [1.29, 1.82) is 0 Å².